The second kappa shape index (κ2) is 8.31. The van der Waals surface area contributed by atoms with E-state index in [1.807, 2.05) is 24.3 Å². The smallest absolute Gasteiger partial charge is 0.249 e. The molecule has 3 aromatic rings. The number of ether oxygens (including phenoxy) is 2. The molecule has 2 N–H and O–H groups in total. The van der Waals surface area contributed by atoms with Gasteiger partial charge in [-0.1, -0.05) is 18.2 Å². The van der Waals surface area contributed by atoms with Crippen LogP contribution >= 0.6 is 0 Å². The zero-order valence-electron chi connectivity index (χ0n) is 15.0. The van der Waals surface area contributed by atoms with Crippen LogP contribution in [0.15, 0.2) is 42.5 Å². The van der Waals surface area contributed by atoms with Crippen molar-refractivity contribution in [2.45, 2.75) is 12.8 Å². The molecular formula is C19H19FN4O3. The number of carbonyl (C=O) groups excluding carboxylic acids is 1. The van der Waals surface area contributed by atoms with E-state index in [1.165, 1.54) is 19.2 Å². The van der Waals surface area contributed by atoms with Crippen molar-refractivity contribution < 1.29 is 18.7 Å². The lowest BCUT2D eigenvalue weighted by molar-refractivity contribution is -0.116. The van der Waals surface area contributed by atoms with Crippen LogP contribution in [0.4, 0.5) is 10.3 Å². The number of amides is 1. The fraction of sp³-hybridized carbons (Fsp3) is 0.211. The number of aryl methyl sites for hydroxylation is 1. The first kappa shape index (κ1) is 18.4. The van der Waals surface area contributed by atoms with Crippen molar-refractivity contribution in [1.82, 2.24) is 15.2 Å². The zero-order valence-corrected chi connectivity index (χ0v) is 15.0. The number of carbonyl (C=O) groups is 1. The number of hydrogen-bond acceptors (Lipinski definition) is 5. The first-order chi connectivity index (χ1) is 13.1. The number of para-hydroxylation sites is 1. The lowest BCUT2D eigenvalue weighted by Crippen LogP contribution is -2.13. The summed E-state index contributed by atoms with van der Waals surface area (Å²) in [5, 5.41) is 9.40. The zero-order chi connectivity index (χ0) is 19.2. The van der Waals surface area contributed by atoms with Gasteiger partial charge in [0.05, 0.1) is 19.8 Å². The van der Waals surface area contributed by atoms with Crippen LogP contribution in [0.25, 0.3) is 11.4 Å². The highest BCUT2D eigenvalue weighted by molar-refractivity contribution is 5.89. The Kier molecular flexibility index (Phi) is 5.65. The third-order valence-corrected chi connectivity index (χ3v) is 3.96. The molecule has 8 heteroatoms. The number of aromatic amines is 1. The van der Waals surface area contributed by atoms with Gasteiger partial charge in [-0.05, 0) is 36.2 Å². The summed E-state index contributed by atoms with van der Waals surface area (Å²) < 4.78 is 23.9. The van der Waals surface area contributed by atoms with E-state index in [1.54, 1.807) is 13.2 Å². The average Bonchev–Trinajstić information content (AvgIpc) is 3.14. The van der Waals surface area contributed by atoms with Crippen LogP contribution in [0.2, 0.25) is 0 Å². The molecule has 0 unspecified atom stereocenters. The predicted octanol–water partition coefficient (Wildman–Crippen LogP) is 3.20. The number of rotatable bonds is 7. The maximum absolute atomic E-state index is 13.7. The molecule has 0 aliphatic carbocycles. The number of H-pyrrole nitrogens is 1. The van der Waals surface area contributed by atoms with Crippen molar-refractivity contribution in [3.8, 4) is 22.9 Å². The Bertz CT molecular complexity index is 942. The van der Waals surface area contributed by atoms with Crippen LogP contribution in [0.3, 0.4) is 0 Å². The van der Waals surface area contributed by atoms with Crippen LogP contribution in [0.5, 0.6) is 11.5 Å². The molecule has 27 heavy (non-hydrogen) atoms. The number of benzene rings is 2. The van der Waals surface area contributed by atoms with E-state index in [0.717, 1.165) is 5.56 Å². The molecule has 0 saturated heterocycles. The van der Waals surface area contributed by atoms with Crippen molar-refractivity contribution in [1.29, 1.82) is 0 Å². The lowest BCUT2D eigenvalue weighted by Gasteiger charge is -2.05. The SMILES string of the molecule is COc1ccc(CCC(=O)Nc2n[nH]c(-c3ccccc3OC)n2)cc1F. The number of aromatic nitrogens is 3. The summed E-state index contributed by atoms with van der Waals surface area (Å²) in [7, 11) is 2.97. The Hall–Kier alpha value is -3.42. The number of nitrogens with zero attached hydrogens (tertiary/aromatic N) is 2. The predicted molar refractivity (Wildman–Crippen MR) is 98.3 cm³/mol. The van der Waals surface area contributed by atoms with Crippen molar-refractivity contribution in [3.63, 3.8) is 0 Å². The van der Waals surface area contributed by atoms with Gasteiger partial charge < -0.3 is 9.47 Å². The minimum atomic E-state index is -0.453. The number of halogens is 1. The summed E-state index contributed by atoms with van der Waals surface area (Å²) in [4.78, 5) is 16.4. The number of hydrogen-bond donors (Lipinski definition) is 2. The molecule has 0 spiro atoms. The first-order valence-electron chi connectivity index (χ1n) is 8.28. The van der Waals surface area contributed by atoms with Gasteiger partial charge in [-0.25, -0.2) is 4.39 Å². The molecule has 0 saturated carbocycles. The topological polar surface area (TPSA) is 89.1 Å². The highest BCUT2D eigenvalue weighted by atomic mass is 19.1. The highest BCUT2D eigenvalue weighted by Crippen LogP contribution is 2.27. The maximum atomic E-state index is 13.7. The van der Waals surface area contributed by atoms with Crippen LogP contribution in [0, 0.1) is 5.82 Å². The Labute approximate surface area is 155 Å². The number of anilines is 1. The van der Waals surface area contributed by atoms with Crippen LogP contribution in [-0.2, 0) is 11.2 Å². The minimum Gasteiger partial charge on any atom is -0.496 e. The molecule has 7 nitrogen and oxygen atoms in total. The number of methoxy groups -OCH3 is 2. The average molecular weight is 370 g/mol. The van der Waals surface area contributed by atoms with Gasteiger partial charge in [-0.2, -0.15) is 4.98 Å². The summed E-state index contributed by atoms with van der Waals surface area (Å²) in [6, 6.07) is 12.0. The molecule has 0 bridgehead atoms. The van der Waals surface area contributed by atoms with E-state index in [0.29, 0.717) is 23.6 Å². The molecule has 0 fully saturated rings. The quantitative estimate of drug-likeness (QED) is 0.667. The molecule has 1 amide bonds. The Balaban J connectivity index is 1.60. The van der Waals surface area contributed by atoms with E-state index in [9.17, 15) is 9.18 Å². The van der Waals surface area contributed by atoms with Gasteiger partial charge in [-0.15, -0.1) is 5.10 Å². The van der Waals surface area contributed by atoms with E-state index >= 15 is 0 Å². The molecule has 0 atom stereocenters. The fourth-order valence-electron chi connectivity index (χ4n) is 2.59. The fourth-order valence-corrected chi connectivity index (χ4v) is 2.59. The van der Waals surface area contributed by atoms with Crippen LogP contribution in [-0.4, -0.2) is 35.3 Å². The van der Waals surface area contributed by atoms with Gasteiger partial charge in [0.25, 0.3) is 0 Å². The van der Waals surface area contributed by atoms with Gasteiger partial charge in [0, 0.05) is 6.42 Å². The van der Waals surface area contributed by atoms with Crippen molar-refractivity contribution >= 4 is 11.9 Å². The molecular weight excluding hydrogens is 351 g/mol. The molecule has 2 aromatic carbocycles. The Morgan fingerprint density at radius 2 is 1.93 bits per heavy atom. The van der Waals surface area contributed by atoms with Gasteiger partial charge in [-0.3, -0.25) is 15.2 Å². The van der Waals surface area contributed by atoms with Gasteiger partial charge in [0.15, 0.2) is 17.4 Å². The Morgan fingerprint density at radius 3 is 2.67 bits per heavy atom. The van der Waals surface area contributed by atoms with E-state index < -0.39 is 5.82 Å². The van der Waals surface area contributed by atoms with Gasteiger partial charge >= 0.3 is 0 Å². The van der Waals surface area contributed by atoms with Crippen molar-refractivity contribution in [2.24, 2.45) is 0 Å². The standard InChI is InChI=1S/C19H19FN4O3/c1-26-15-6-4-3-5-13(15)18-22-19(24-23-18)21-17(25)10-8-12-7-9-16(27-2)14(20)11-12/h3-7,9,11H,8,10H2,1-2H3,(H2,21,22,23,24,25). The second-order valence-corrected chi connectivity index (χ2v) is 5.72. The number of nitrogens with one attached hydrogen (secondary N) is 2. The molecule has 1 aromatic heterocycles. The minimum absolute atomic E-state index is 0.168. The normalized spacial score (nSPS) is 10.5. The Morgan fingerprint density at radius 1 is 1.15 bits per heavy atom. The third-order valence-electron chi connectivity index (χ3n) is 3.96. The van der Waals surface area contributed by atoms with Gasteiger partial charge in [0.1, 0.15) is 5.75 Å². The highest BCUT2D eigenvalue weighted by Gasteiger charge is 2.12. The second-order valence-electron chi connectivity index (χ2n) is 5.72. The summed E-state index contributed by atoms with van der Waals surface area (Å²) in [6.07, 6.45) is 0.556. The molecule has 0 radical (unpaired) electrons. The maximum Gasteiger partial charge on any atom is 0.249 e. The van der Waals surface area contributed by atoms with E-state index in [4.69, 9.17) is 9.47 Å². The summed E-state index contributed by atoms with van der Waals surface area (Å²) >= 11 is 0. The van der Waals surface area contributed by atoms with E-state index in [-0.39, 0.29) is 24.0 Å². The van der Waals surface area contributed by atoms with E-state index in [2.05, 4.69) is 20.5 Å². The summed E-state index contributed by atoms with van der Waals surface area (Å²) in [5.41, 5.74) is 1.44. The van der Waals surface area contributed by atoms with Gasteiger partial charge in [0.2, 0.25) is 11.9 Å². The monoisotopic (exact) mass is 370 g/mol. The molecule has 0 aliphatic heterocycles. The molecule has 140 valence electrons. The van der Waals surface area contributed by atoms with Crippen molar-refractivity contribution in [3.05, 3.63) is 53.8 Å². The first-order valence-corrected chi connectivity index (χ1v) is 8.28. The summed E-state index contributed by atoms with van der Waals surface area (Å²) in [5.74, 6) is 0.755. The molecule has 3 rings (SSSR count). The largest absolute Gasteiger partial charge is 0.496 e. The molecule has 1 heterocycles. The third kappa shape index (κ3) is 4.41. The van der Waals surface area contributed by atoms with Crippen LogP contribution in [0.1, 0.15) is 12.0 Å². The lowest BCUT2D eigenvalue weighted by atomic mass is 10.1. The summed E-state index contributed by atoms with van der Waals surface area (Å²) in [6.45, 7) is 0. The van der Waals surface area contributed by atoms with Crippen molar-refractivity contribution in [2.75, 3.05) is 19.5 Å². The molecule has 0 aliphatic rings. The van der Waals surface area contributed by atoms with Crippen LogP contribution < -0.4 is 14.8 Å².